The monoisotopic (exact) mass is 659 g/mol. The summed E-state index contributed by atoms with van der Waals surface area (Å²) in [6.45, 7) is 10.9. The fourth-order valence-corrected chi connectivity index (χ4v) is 4.58. The summed E-state index contributed by atoms with van der Waals surface area (Å²) in [4.78, 5) is 56.6. The van der Waals surface area contributed by atoms with Gasteiger partial charge in [-0.3, -0.25) is 34.0 Å². The summed E-state index contributed by atoms with van der Waals surface area (Å²) in [6, 6.07) is 7.95. The lowest BCUT2D eigenvalue weighted by atomic mass is 10.0. The molecule has 0 unspecified atom stereocenters. The maximum absolute atomic E-state index is 12.9. The molecule has 0 aliphatic rings. The first-order valence-corrected chi connectivity index (χ1v) is 15.5. The van der Waals surface area contributed by atoms with E-state index in [2.05, 4.69) is 4.98 Å². The lowest BCUT2D eigenvalue weighted by Crippen LogP contribution is -2.41. The van der Waals surface area contributed by atoms with Crippen LogP contribution in [0.3, 0.4) is 0 Å². The van der Waals surface area contributed by atoms with Gasteiger partial charge in [0.2, 0.25) is 0 Å². The van der Waals surface area contributed by atoms with Crippen molar-refractivity contribution in [1.82, 2.24) is 14.8 Å². The van der Waals surface area contributed by atoms with Crippen molar-refractivity contribution in [2.75, 3.05) is 33.3 Å². The Morgan fingerprint density at radius 2 is 1.30 bits per heavy atom. The summed E-state index contributed by atoms with van der Waals surface area (Å²) in [5, 5.41) is 30.4. The molecule has 0 atom stereocenters. The third-order valence-electron chi connectivity index (χ3n) is 6.64. The molecule has 1 aromatic carbocycles. The van der Waals surface area contributed by atoms with Gasteiger partial charge in [-0.2, -0.15) is 0 Å². The molecule has 0 aliphatic carbocycles. The number of phenols is 1. The number of carboxylic acid groups (broad SMARTS) is 1. The highest BCUT2D eigenvalue weighted by molar-refractivity contribution is 5.73. The van der Waals surface area contributed by atoms with Crippen LogP contribution in [0.4, 0.5) is 0 Å². The number of hydrogen-bond donors (Lipinski definition) is 3. The van der Waals surface area contributed by atoms with E-state index in [1.165, 1.54) is 19.2 Å². The van der Waals surface area contributed by atoms with Gasteiger partial charge in [-0.05, 0) is 71.7 Å². The molecular weight excluding hydrogens is 610 g/mol. The number of aryl methyl sites for hydroxylation is 2. The Bertz CT molecular complexity index is 1380. The SMILES string of the molecule is COC(=O)CCc1ccc(O)c(CN(CCN(CC(=O)OC(C)(C)C)Cc2cc(CCC(=O)O)ccc2O)CC(=O)OC(C)(C)C)n1. The van der Waals surface area contributed by atoms with E-state index in [-0.39, 0.29) is 70.0 Å². The van der Waals surface area contributed by atoms with Crippen molar-refractivity contribution in [2.45, 2.75) is 91.5 Å². The summed E-state index contributed by atoms with van der Waals surface area (Å²) in [6.07, 6.45) is 0.605. The Morgan fingerprint density at radius 1 is 0.745 bits per heavy atom. The number of pyridine rings is 1. The predicted octanol–water partition coefficient (Wildman–Crippen LogP) is 3.60. The molecule has 13 nitrogen and oxygen atoms in total. The van der Waals surface area contributed by atoms with Crippen LogP contribution in [0.25, 0.3) is 0 Å². The molecule has 1 aromatic heterocycles. The van der Waals surface area contributed by atoms with E-state index < -0.39 is 35.1 Å². The van der Waals surface area contributed by atoms with Crippen LogP contribution >= 0.6 is 0 Å². The number of nitrogens with zero attached hydrogens (tertiary/aromatic N) is 3. The van der Waals surface area contributed by atoms with Crippen LogP contribution in [0.1, 0.15) is 76.9 Å². The second-order valence-corrected chi connectivity index (χ2v) is 13.3. The number of esters is 3. The number of carboxylic acids is 1. The van der Waals surface area contributed by atoms with E-state index >= 15 is 0 Å². The molecule has 0 spiro atoms. The summed E-state index contributed by atoms with van der Waals surface area (Å²) < 4.78 is 15.8. The Kier molecular flexibility index (Phi) is 14.6. The van der Waals surface area contributed by atoms with E-state index in [4.69, 9.17) is 19.3 Å². The zero-order valence-corrected chi connectivity index (χ0v) is 28.5. The Hall–Kier alpha value is -4.23. The van der Waals surface area contributed by atoms with Crippen LogP contribution in [-0.4, -0.2) is 98.5 Å². The lowest BCUT2D eigenvalue weighted by Gasteiger charge is -2.29. The minimum Gasteiger partial charge on any atom is -0.508 e. The van der Waals surface area contributed by atoms with E-state index in [0.717, 1.165) is 5.56 Å². The van der Waals surface area contributed by atoms with Crippen LogP contribution in [0.2, 0.25) is 0 Å². The van der Waals surface area contributed by atoms with E-state index in [1.807, 2.05) is 0 Å². The third kappa shape index (κ3) is 15.7. The van der Waals surface area contributed by atoms with Gasteiger partial charge in [0.25, 0.3) is 0 Å². The zero-order valence-electron chi connectivity index (χ0n) is 28.5. The molecule has 0 bridgehead atoms. The normalized spacial score (nSPS) is 11.9. The van der Waals surface area contributed by atoms with Crippen molar-refractivity contribution in [3.63, 3.8) is 0 Å². The molecule has 0 saturated carbocycles. The van der Waals surface area contributed by atoms with Crippen LogP contribution in [0.5, 0.6) is 11.5 Å². The fourth-order valence-electron chi connectivity index (χ4n) is 4.58. The van der Waals surface area contributed by atoms with Gasteiger partial charge < -0.3 is 29.5 Å². The van der Waals surface area contributed by atoms with E-state index in [9.17, 15) is 29.4 Å². The van der Waals surface area contributed by atoms with Crippen molar-refractivity contribution in [3.05, 3.63) is 52.8 Å². The maximum Gasteiger partial charge on any atom is 0.320 e. The van der Waals surface area contributed by atoms with Crippen molar-refractivity contribution < 1.29 is 48.7 Å². The maximum atomic E-state index is 12.9. The molecular formula is C34H49N3O10. The van der Waals surface area contributed by atoms with Crippen molar-refractivity contribution in [1.29, 1.82) is 0 Å². The Balaban J connectivity index is 2.36. The number of ether oxygens (including phenoxy) is 3. The summed E-state index contributed by atoms with van der Waals surface area (Å²) in [7, 11) is 1.30. The molecule has 1 heterocycles. The second-order valence-electron chi connectivity index (χ2n) is 13.3. The van der Waals surface area contributed by atoms with E-state index in [0.29, 0.717) is 23.4 Å². The van der Waals surface area contributed by atoms with Gasteiger partial charge >= 0.3 is 23.9 Å². The quantitative estimate of drug-likeness (QED) is 0.166. The molecule has 3 N–H and O–H groups in total. The van der Waals surface area contributed by atoms with Gasteiger partial charge in [0, 0.05) is 50.3 Å². The van der Waals surface area contributed by atoms with Crippen molar-refractivity contribution in [3.8, 4) is 11.5 Å². The zero-order chi connectivity index (χ0) is 35.4. The van der Waals surface area contributed by atoms with Crippen LogP contribution in [-0.2, 0) is 59.3 Å². The fraction of sp³-hybridized carbons (Fsp3) is 0.559. The van der Waals surface area contributed by atoms with E-state index in [1.54, 1.807) is 69.5 Å². The highest BCUT2D eigenvalue weighted by Crippen LogP contribution is 2.23. The van der Waals surface area contributed by atoms with Crippen LogP contribution in [0.15, 0.2) is 30.3 Å². The highest BCUT2D eigenvalue weighted by atomic mass is 16.6. The molecule has 0 saturated heterocycles. The number of carbonyl (C=O) groups is 4. The number of aromatic nitrogens is 1. The minimum absolute atomic E-state index is 0.0123. The smallest absolute Gasteiger partial charge is 0.320 e. The molecule has 2 rings (SSSR count). The topological polar surface area (TPSA) is 176 Å². The third-order valence-corrected chi connectivity index (χ3v) is 6.64. The molecule has 0 fully saturated rings. The van der Waals surface area contributed by atoms with Crippen molar-refractivity contribution in [2.24, 2.45) is 0 Å². The average Bonchev–Trinajstić information content (AvgIpc) is 2.94. The summed E-state index contributed by atoms with van der Waals surface area (Å²) >= 11 is 0. The lowest BCUT2D eigenvalue weighted by molar-refractivity contribution is -0.158. The number of carbonyl (C=O) groups excluding carboxylic acids is 3. The van der Waals surface area contributed by atoms with Crippen molar-refractivity contribution >= 4 is 23.9 Å². The first kappa shape index (κ1) is 39.0. The number of aromatic hydroxyl groups is 2. The van der Waals surface area contributed by atoms with Gasteiger partial charge in [0.15, 0.2) is 0 Å². The van der Waals surface area contributed by atoms with Crippen LogP contribution < -0.4 is 0 Å². The van der Waals surface area contributed by atoms with Gasteiger partial charge in [-0.25, -0.2) is 0 Å². The van der Waals surface area contributed by atoms with Crippen LogP contribution in [0, 0.1) is 0 Å². The Labute approximate surface area is 276 Å². The predicted molar refractivity (Wildman–Crippen MR) is 173 cm³/mol. The second kappa shape index (κ2) is 17.6. The number of benzene rings is 1. The van der Waals surface area contributed by atoms with Gasteiger partial charge in [-0.15, -0.1) is 0 Å². The molecule has 0 aliphatic heterocycles. The number of rotatable bonds is 17. The van der Waals surface area contributed by atoms with Gasteiger partial charge in [0.05, 0.1) is 32.3 Å². The minimum atomic E-state index is -0.939. The molecule has 2 aromatic rings. The molecule has 13 heteroatoms. The highest BCUT2D eigenvalue weighted by Gasteiger charge is 2.24. The number of phenolic OH excluding ortho intramolecular Hbond substituents is 1. The molecule has 0 radical (unpaired) electrons. The molecule has 0 amide bonds. The average molecular weight is 660 g/mol. The summed E-state index contributed by atoms with van der Waals surface area (Å²) in [5.74, 6) is -2.42. The standard InChI is InChI=1S/C34H49N3O10/c1-33(2,3)46-31(43)21-36(19-24-18-23(8-12-27(24)38)9-14-29(40)41)16-17-37(22-32(44)47-34(4,5)6)20-26-28(39)13-10-25(35-26)11-15-30(42)45-7/h8,10,12-13,18,38-39H,9,11,14-17,19-22H2,1-7H3,(H,40,41). The summed E-state index contributed by atoms with van der Waals surface area (Å²) in [5.41, 5.74) is 0.601. The van der Waals surface area contributed by atoms with Gasteiger partial charge in [0.1, 0.15) is 22.7 Å². The Morgan fingerprint density at radius 3 is 1.83 bits per heavy atom. The largest absolute Gasteiger partial charge is 0.508 e. The molecule has 47 heavy (non-hydrogen) atoms. The number of methoxy groups -OCH3 is 1. The van der Waals surface area contributed by atoms with Gasteiger partial charge in [-0.1, -0.05) is 12.1 Å². The first-order chi connectivity index (χ1) is 21.8. The molecule has 260 valence electrons. The number of aliphatic carboxylic acids is 1. The number of hydrogen-bond acceptors (Lipinski definition) is 12. The first-order valence-electron chi connectivity index (χ1n) is 15.5.